The van der Waals surface area contributed by atoms with Crippen molar-refractivity contribution in [3.63, 3.8) is 0 Å². The van der Waals surface area contributed by atoms with Gasteiger partial charge in [0.05, 0.1) is 0 Å². The Balaban J connectivity index is 1.96. The molecular weight excluding hydrogens is 160 g/mol. The Labute approximate surface area is 81.5 Å². The highest BCUT2D eigenvalue weighted by Gasteiger charge is 2.47. The maximum absolute atomic E-state index is 6.13. The average molecular weight is 182 g/mol. The van der Waals surface area contributed by atoms with Gasteiger partial charge in [0.15, 0.2) is 0 Å². The van der Waals surface area contributed by atoms with Gasteiger partial charge in [-0.3, -0.25) is 4.90 Å². The lowest BCUT2D eigenvalue weighted by Gasteiger charge is -2.30. The zero-order chi connectivity index (χ0) is 9.69. The smallest absolute Gasteiger partial charge is 0.0267 e. The highest BCUT2D eigenvalue weighted by Crippen LogP contribution is 2.50. The van der Waals surface area contributed by atoms with E-state index in [1.165, 1.54) is 19.4 Å². The lowest BCUT2D eigenvalue weighted by atomic mass is 9.99. The summed E-state index contributed by atoms with van der Waals surface area (Å²) in [6.45, 7) is 9.24. The van der Waals surface area contributed by atoms with Gasteiger partial charge in [0, 0.05) is 24.7 Å². The summed E-state index contributed by atoms with van der Waals surface area (Å²) in [7, 11) is 0. The Morgan fingerprint density at radius 3 is 2.23 bits per heavy atom. The second-order valence-electron chi connectivity index (χ2n) is 5.70. The van der Waals surface area contributed by atoms with Gasteiger partial charge in [-0.25, -0.2) is 0 Å². The van der Waals surface area contributed by atoms with Gasteiger partial charge in [-0.2, -0.15) is 0 Å². The summed E-state index contributed by atoms with van der Waals surface area (Å²) < 4.78 is 0. The van der Waals surface area contributed by atoms with Crippen LogP contribution in [0.15, 0.2) is 0 Å². The molecule has 1 heterocycles. The van der Waals surface area contributed by atoms with Crippen LogP contribution < -0.4 is 5.73 Å². The molecule has 2 fully saturated rings. The van der Waals surface area contributed by atoms with Crippen molar-refractivity contribution >= 4 is 0 Å². The van der Waals surface area contributed by atoms with E-state index in [9.17, 15) is 0 Å². The molecule has 0 bridgehead atoms. The van der Waals surface area contributed by atoms with E-state index >= 15 is 0 Å². The van der Waals surface area contributed by atoms with Crippen LogP contribution in [0.3, 0.4) is 0 Å². The predicted molar refractivity (Wildman–Crippen MR) is 55.6 cm³/mol. The molecule has 2 heteroatoms. The molecule has 0 spiro atoms. The van der Waals surface area contributed by atoms with Crippen LogP contribution in [-0.4, -0.2) is 29.6 Å². The third-order valence-corrected chi connectivity index (χ3v) is 4.13. The highest BCUT2D eigenvalue weighted by molar-refractivity contribution is 5.02. The number of rotatable bonds is 2. The third kappa shape index (κ3) is 1.75. The van der Waals surface area contributed by atoms with Crippen molar-refractivity contribution in [2.24, 2.45) is 11.1 Å². The van der Waals surface area contributed by atoms with E-state index in [-0.39, 0.29) is 5.54 Å². The molecule has 2 nitrogen and oxygen atoms in total. The standard InChI is InChI=1S/C11H22N2/c1-9(10(2)4-5-10)13-7-6-11(3,12)8-13/h9H,4-8,12H2,1-3H3. The summed E-state index contributed by atoms with van der Waals surface area (Å²) in [5, 5.41) is 0. The first-order chi connectivity index (χ1) is 5.93. The quantitative estimate of drug-likeness (QED) is 0.703. The fourth-order valence-electron chi connectivity index (χ4n) is 2.41. The molecule has 0 amide bonds. The first kappa shape index (κ1) is 9.47. The number of hydrogen-bond donors (Lipinski definition) is 1. The van der Waals surface area contributed by atoms with Gasteiger partial charge in [0.1, 0.15) is 0 Å². The number of nitrogens with zero attached hydrogens (tertiary/aromatic N) is 1. The van der Waals surface area contributed by atoms with Crippen LogP contribution in [0.4, 0.5) is 0 Å². The zero-order valence-corrected chi connectivity index (χ0v) is 9.14. The molecule has 2 atom stereocenters. The van der Waals surface area contributed by atoms with Crippen molar-refractivity contribution in [3.8, 4) is 0 Å². The van der Waals surface area contributed by atoms with Crippen molar-refractivity contribution in [2.45, 2.75) is 51.6 Å². The average Bonchev–Trinajstić information content (AvgIpc) is 2.67. The zero-order valence-electron chi connectivity index (χ0n) is 9.14. The maximum Gasteiger partial charge on any atom is 0.0267 e. The minimum absolute atomic E-state index is 0.0690. The number of likely N-dealkylation sites (tertiary alicyclic amines) is 1. The van der Waals surface area contributed by atoms with Gasteiger partial charge in [0.2, 0.25) is 0 Å². The Morgan fingerprint density at radius 2 is 1.85 bits per heavy atom. The molecule has 0 aromatic heterocycles. The fourth-order valence-corrected chi connectivity index (χ4v) is 2.41. The molecule has 1 aliphatic heterocycles. The summed E-state index contributed by atoms with van der Waals surface area (Å²) in [6, 6.07) is 0.734. The first-order valence-corrected chi connectivity index (χ1v) is 5.46. The van der Waals surface area contributed by atoms with Crippen molar-refractivity contribution < 1.29 is 0 Å². The minimum atomic E-state index is 0.0690. The summed E-state index contributed by atoms with van der Waals surface area (Å²) in [5.74, 6) is 0. The molecule has 0 aromatic carbocycles. The summed E-state index contributed by atoms with van der Waals surface area (Å²) in [5.41, 5.74) is 6.81. The van der Waals surface area contributed by atoms with Gasteiger partial charge in [-0.1, -0.05) is 6.92 Å². The van der Waals surface area contributed by atoms with E-state index in [2.05, 4.69) is 25.7 Å². The molecule has 0 radical (unpaired) electrons. The lowest BCUT2D eigenvalue weighted by Crippen LogP contribution is -2.43. The maximum atomic E-state index is 6.13. The molecule has 1 saturated heterocycles. The van der Waals surface area contributed by atoms with E-state index in [1.807, 2.05) is 0 Å². The first-order valence-electron chi connectivity index (χ1n) is 5.46. The van der Waals surface area contributed by atoms with Gasteiger partial charge in [0.25, 0.3) is 0 Å². The molecule has 1 saturated carbocycles. The van der Waals surface area contributed by atoms with Crippen molar-refractivity contribution in [1.82, 2.24) is 4.90 Å². The molecular formula is C11H22N2. The highest BCUT2D eigenvalue weighted by atomic mass is 15.2. The second kappa shape index (κ2) is 2.71. The molecule has 13 heavy (non-hydrogen) atoms. The van der Waals surface area contributed by atoms with Crippen LogP contribution >= 0.6 is 0 Å². The summed E-state index contributed by atoms with van der Waals surface area (Å²) in [6.07, 6.45) is 3.98. The van der Waals surface area contributed by atoms with Crippen molar-refractivity contribution in [3.05, 3.63) is 0 Å². The van der Waals surface area contributed by atoms with Crippen LogP contribution in [0.25, 0.3) is 0 Å². The predicted octanol–water partition coefficient (Wildman–Crippen LogP) is 1.60. The van der Waals surface area contributed by atoms with Gasteiger partial charge >= 0.3 is 0 Å². The van der Waals surface area contributed by atoms with Crippen molar-refractivity contribution in [1.29, 1.82) is 0 Å². The lowest BCUT2D eigenvalue weighted by molar-refractivity contribution is 0.176. The fraction of sp³-hybridized carbons (Fsp3) is 1.00. The Hall–Kier alpha value is -0.0800. The van der Waals surface area contributed by atoms with Crippen molar-refractivity contribution in [2.75, 3.05) is 13.1 Å². The Bertz CT molecular complexity index is 206. The van der Waals surface area contributed by atoms with E-state index in [1.54, 1.807) is 0 Å². The Kier molecular flexibility index (Phi) is 1.97. The Morgan fingerprint density at radius 1 is 1.23 bits per heavy atom. The van der Waals surface area contributed by atoms with Crippen LogP contribution in [0.1, 0.15) is 40.0 Å². The topological polar surface area (TPSA) is 29.3 Å². The van der Waals surface area contributed by atoms with E-state index in [4.69, 9.17) is 5.73 Å². The van der Waals surface area contributed by atoms with Crippen LogP contribution in [-0.2, 0) is 0 Å². The van der Waals surface area contributed by atoms with Gasteiger partial charge < -0.3 is 5.73 Å². The molecule has 2 N–H and O–H groups in total. The number of nitrogens with two attached hydrogens (primary N) is 1. The summed E-state index contributed by atoms with van der Waals surface area (Å²) in [4.78, 5) is 2.58. The normalized spacial score (nSPS) is 40.6. The van der Waals surface area contributed by atoms with Crippen LogP contribution in [0.5, 0.6) is 0 Å². The third-order valence-electron chi connectivity index (χ3n) is 4.13. The monoisotopic (exact) mass is 182 g/mol. The SMILES string of the molecule is CC(N1CCC(C)(N)C1)C1(C)CC1. The number of hydrogen-bond acceptors (Lipinski definition) is 2. The van der Waals surface area contributed by atoms with Crippen LogP contribution in [0, 0.1) is 5.41 Å². The molecule has 2 rings (SSSR count). The molecule has 1 aliphatic carbocycles. The van der Waals surface area contributed by atoms with E-state index in [0.717, 1.165) is 19.0 Å². The van der Waals surface area contributed by atoms with E-state index < -0.39 is 0 Å². The van der Waals surface area contributed by atoms with Crippen LogP contribution in [0.2, 0.25) is 0 Å². The largest absolute Gasteiger partial charge is 0.324 e. The summed E-state index contributed by atoms with van der Waals surface area (Å²) >= 11 is 0. The van der Waals surface area contributed by atoms with E-state index in [0.29, 0.717) is 5.41 Å². The molecule has 0 aromatic rings. The minimum Gasteiger partial charge on any atom is -0.324 e. The van der Waals surface area contributed by atoms with Gasteiger partial charge in [-0.15, -0.1) is 0 Å². The second-order valence-corrected chi connectivity index (χ2v) is 5.70. The molecule has 76 valence electrons. The molecule has 2 aliphatic rings. The molecule has 2 unspecified atom stereocenters. The van der Waals surface area contributed by atoms with Gasteiger partial charge in [-0.05, 0) is 38.5 Å².